The predicted molar refractivity (Wildman–Crippen MR) is 83.9 cm³/mol. The summed E-state index contributed by atoms with van der Waals surface area (Å²) in [7, 11) is 2.10. The average molecular weight is 257 g/mol. The minimum absolute atomic E-state index is 1.25. The Bertz CT molecular complexity index is 730. The van der Waals surface area contributed by atoms with Gasteiger partial charge in [0, 0.05) is 24.5 Å². The average Bonchev–Trinajstić information content (AvgIpc) is 2.83. The van der Waals surface area contributed by atoms with Crippen molar-refractivity contribution in [1.82, 2.24) is 4.90 Å². The van der Waals surface area contributed by atoms with E-state index < -0.39 is 0 Å². The lowest BCUT2D eigenvalue weighted by Crippen LogP contribution is -2.12. The molecule has 0 saturated heterocycles. The second kappa shape index (κ2) is 4.24. The summed E-state index contributed by atoms with van der Waals surface area (Å²) in [6.45, 7) is 0. The molecule has 0 atom stereocenters. The van der Waals surface area contributed by atoms with Gasteiger partial charge in [-0.25, -0.2) is 0 Å². The maximum absolute atomic E-state index is 2.22. The quantitative estimate of drug-likeness (QED) is 0.575. The van der Waals surface area contributed by atoms with Gasteiger partial charge in [0.05, 0.1) is 0 Å². The first-order valence-corrected chi connectivity index (χ1v) is 6.87. The Hall–Kier alpha value is -2.54. The predicted octanol–water partition coefficient (Wildman–Crippen LogP) is 4.44. The third kappa shape index (κ3) is 1.50. The number of allylic oxidation sites excluding steroid dienone is 3. The van der Waals surface area contributed by atoms with Crippen LogP contribution >= 0.6 is 0 Å². The van der Waals surface area contributed by atoms with E-state index in [1.165, 1.54) is 33.5 Å². The van der Waals surface area contributed by atoms with Crippen LogP contribution in [0, 0.1) is 0 Å². The van der Waals surface area contributed by atoms with Crippen LogP contribution in [0.3, 0.4) is 0 Å². The summed E-state index contributed by atoms with van der Waals surface area (Å²) in [6, 6.07) is 17.3. The van der Waals surface area contributed by atoms with Crippen LogP contribution in [0.1, 0.15) is 11.1 Å². The molecule has 1 heteroatoms. The van der Waals surface area contributed by atoms with E-state index in [4.69, 9.17) is 0 Å². The Morgan fingerprint density at radius 2 is 1.25 bits per heavy atom. The molecule has 0 unspecified atom stereocenters. The number of nitrogens with zero attached hydrogens (tertiary/aromatic N) is 1. The fourth-order valence-electron chi connectivity index (χ4n) is 3.08. The van der Waals surface area contributed by atoms with E-state index in [-0.39, 0.29) is 0 Å². The molecule has 0 N–H and O–H groups in total. The zero-order valence-electron chi connectivity index (χ0n) is 11.4. The summed E-state index contributed by atoms with van der Waals surface area (Å²) in [5, 5.41) is 0. The summed E-state index contributed by atoms with van der Waals surface area (Å²) in [5.41, 5.74) is 7.92. The molecule has 20 heavy (non-hydrogen) atoms. The van der Waals surface area contributed by atoms with Crippen molar-refractivity contribution in [2.45, 2.75) is 0 Å². The zero-order valence-corrected chi connectivity index (χ0v) is 11.4. The van der Waals surface area contributed by atoms with Crippen molar-refractivity contribution < 1.29 is 0 Å². The van der Waals surface area contributed by atoms with Crippen molar-refractivity contribution in [3.63, 3.8) is 0 Å². The first-order chi connectivity index (χ1) is 9.86. The highest BCUT2D eigenvalue weighted by Crippen LogP contribution is 2.46. The van der Waals surface area contributed by atoms with Crippen LogP contribution in [0.5, 0.6) is 0 Å². The number of hydrogen-bond donors (Lipinski definition) is 0. The molecule has 2 aromatic carbocycles. The summed E-state index contributed by atoms with van der Waals surface area (Å²) >= 11 is 0. The first-order valence-electron chi connectivity index (χ1n) is 6.87. The molecule has 0 spiro atoms. The standard InChI is InChI=1S/C19H15N/c1-20-13-7-6-12-18(20)19-16-10-4-2-8-14(16)15-9-3-5-11-17(15)19/h2-13H,1H3. The van der Waals surface area contributed by atoms with Crippen molar-refractivity contribution >= 4 is 5.57 Å². The van der Waals surface area contributed by atoms with E-state index in [0.29, 0.717) is 0 Å². The third-order valence-corrected chi connectivity index (χ3v) is 3.99. The molecule has 0 amide bonds. The van der Waals surface area contributed by atoms with Gasteiger partial charge in [0.25, 0.3) is 0 Å². The summed E-state index contributed by atoms with van der Waals surface area (Å²) < 4.78 is 0. The van der Waals surface area contributed by atoms with Gasteiger partial charge in [-0.05, 0) is 34.4 Å². The monoisotopic (exact) mass is 257 g/mol. The smallest absolute Gasteiger partial charge is 0.0489 e. The topological polar surface area (TPSA) is 3.24 Å². The summed E-state index contributed by atoms with van der Waals surface area (Å²) in [4.78, 5) is 2.19. The van der Waals surface area contributed by atoms with Gasteiger partial charge >= 0.3 is 0 Å². The van der Waals surface area contributed by atoms with Crippen LogP contribution in [0.15, 0.2) is 78.7 Å². The van der Waals surface area contributed by atoms with Crippen LogP contribution in [0.2, 0.25) is 0 Å². The van der Waals surface area contributed by atoms with Crippen LogP contribution in [0.4, 0.5) is 0 Å². The molecule has 0 radical (unpaired) electrons. The summed E-state index contributed by atoms with van der Waals surface area (Å²) in [6.07, 6.45) is 8.46. The van der Waals surface area contributed by atoms with E-state index in [1.54, 1.807) is 0 Å². The highest BCUT2D eigenvalue weighted by atomic mass is 15.1. The molecule has 1 heterocycles. The number of likely N-dealkylation sites (N-methyl/N-ethyl adjacent to an activating group) is 1. The lowest BCUT2D eigenvalue weighted by molar-refractivity contribution is 0.587. The molecule has 0 bridgehead atoms. The molecule has 1 nitrogen and oxygen atoms in total. The van der Waals surface area contributed by atoms with E-state index in [9.17, 15) is 0 Å². The van der Waals surface area contributed by atoms with E-state index in [2.05, 4.69) is 84.9 Å². The molecular weight excluding hydrogens is 242 g/mol. The molecule has 0 fully saturated rings. The largest absolute Gasteiger partial charge is 0.351 e. The van der Waals surface area contributed by atoms with Crippen molar-refractivity contribution in [2.75, 3.05) is 7.05 Å². The molecule has 1 aliphatic heterocycles. The number of hydrogen-bond acceptors (Lipinski definition) is 1. The van der Waals surface area contributed by atoms with Gasteiger partial charge < -0.3 is 4.90 Å². The van der Waals surface area contributed by atoms with Crippen LogP contribution < -0.4 is 0 Å². The maximum atomic E-state index is 2.22. The lowest BCUT2D eigenvalue weighted by Gasteiger charge is -2.21. The number of benzene rings is 2. The SMILES string of the molecule is CN1C=CC=CC1=C1c2ccccc2-c2ccccc21. The normalized spacial score (nSPS) is 15.6. The van der Waals surface area contributed by atoms with Crippen molar-refractivity contribution in [1.29, 1.82) is 0 Å². The molecule has 2 aromatic rings. The minimum Gasteiger partial charge on any atom is -0.351 e. The Morgan fingerprint density at radius 3 is 1.80 bits per heavy atom. The molecule has 2 aliphatic rings. The molecule has 1 aliphatic carbocycles. The van der Waals surface area contributed by atoms with Gasteiger partial charge in [0.2, 0.25) is 0 Å². The van der Waals surface area contributed by atoms with E-state index in [0.717, 1.165) is 0 Å². The van der Waals surface area contributed by atoms with Gasteiger partial charge in [-0.1, -0.05) is 54.6 Å². The lowest BCUT2D eigenvalue weighted by atomic mass is 10.0. The van der Waals surface area contributed by atoms with E-state index in [1.807, 2.05) is 0 Å². The van der Waals surface area contributed by atoms with Crippen LogP contribution in [0.25, 0.3) is 16.7 Å². The maximum Gasteiger partial charge on any atom is 0.0489 e. The molecule has 96 valence electrons. The summed E-state index contributed by atoms with van der Waals surface area (Å²) in [5.74, 6) is 0. The van der Waals surface area contributed by atoms with Gasteiger partial charge in [0.15, 0.2) is 0 Å². The Balaban J connectivity index is 2.08. The molecule has 0 saturated carbocycles. The minimum atomic E-state index is 1.25. The van der Waals surface area contributed by atoms with Crippen LogP contribution in [-0.4, -0.2) is 11.9 Å². The Labute approximate surface area is 119 Å². The van der Waals surface area contributed by atoms with Crippen molar-refractivity contribution in [2.24, 2.45) is 0 Å². The molecule has 0 aromatic heterocycles. The highest BCUT2D eigenvalue weighted by molar-refractivity contribution is 6.02. The van der Waals surface area contributed by atoms with Gasteiger partial charge in [-0.3, -0.25) is 0 Å². The molecular formula is C19H15N. The van der Waals surface area contributed by atoms with Gasteiger partial charge in [0.1, 0.15) is 0 Å². The second-order valence-corrected chi connectivity index (χ2v) is 5.16. The second-order valence-electron chi connectivity index (χ2n) is 5.16. The fourth-order valence-corrected chi connectivity index (χ4v) is 3.08. The van der Waals surface area contributed by atoms with Crippen molar-refractivity contribution in [3.8, 4) is 11.1 Å². The van der Waals surface area contributed by atoms with Gasteiger partial charge in [-0.15, -0.1) is 0 Å². The zero-order chi connectivity index (χ0) is 13.5. The highest BCUT2D eigenvalue weighted by Gasteiger charge is 2.25. The first kappa shape index (κ1) is 11.3. The van der Waals surface area contributed by atoms with Gasteiger partial charge in [-0.2, -0.15) is 0 Å². The fraction of sp³-hybridized carbons (Fsp3) is 0.0526. The Morgan fingerprint density at radius 1 is 0.700 bits per heavy atom. The Kier molecular flexibility index (Phi) is 2.40. The number of rotatable bonds is 0. The van der Waals surface area contributed by atoms with Crippen molar-refractivity contribution in [3.05, 3.63) is 89.8 Å². The van der Waals surface area contributed by atoms with Crippen LogP contribution in [-0.2, 0) is 0 Å². The third-order valence-electron chi connectivity index (χ3n) is 3.99. The van der Waals surface area contributed by atoms with E-state index >= 15 is 0 Å². The number of fused-ring (bicyclic) bond motifs is 3. The molecule has 4 rings (SSSR count).